The number of carbonyl (C=O) groups is 2. The summed E-state index contributed by atoms with van der Waals surface area (Å²) in [6.45, 7) is 2.10. The van der Waals surface area contributed by atoms with Crippen molar-refractivity contribution in [3.63, 3.8) is 0 Å². The third-order valence-corrected chi connectivity index (χ3v) is 7.21. The quantitative estimate of drug-likeness (QED) is 0.593. The molecule has 0 N–H and O–H groups in total. The molecule has 1 aliphatic heterocycles. The number of piperazine rings is 1. The summed E-state index contributed by atoms with van der Waals surface area (Å²) in [4.78, 5) is 42.6. The van der Waals surface area contributed by atoms with E-state index in [9.17, 15) is 9.59 Å². The zero-order chi connectivity index (χ0) is 21.2. The highest BCUT2D eigenvalue weighted by atomic mass is 32.1. The molecule has 0 saturated carbocycles. The molecule has 1 saturated heterocycles. The van der Waals surface area contributed by atoms with Gasteiger partial charge in [0.15, 0.2) is 0 Å². The van der Waals surface area contributed by atoms with Gasteiger partial charge in [-0.25, -0.2) is 9.97 Å². The minimum absolute atomic E-state index is 0.104. The number of nitrogens with zero attached hydrogens (tertiary/aromatic N) is 5. The maximum atomic E-state index is 13.4. The van der Waals surface area contributed by atoms with Crippen molar-refractivity contribution >= 4 is 33.4 Å². The number of allylic oxidation sites excluding steroid dienone is 2. The molecule has 0 bridgehead atoms. The Bertz CT molecular complexity index is 1090. The SMILES string of the molecule is O=C(c1cnccn1)N1CCN(C(=O)C2CC=CCC2c2nc3ccccc3s2)CC1. The van der Waals surface area contributed by atoms with Crippen LogP contribution in [0, 0.1) is 5.92 Å². The van der Waals surface area contributed by atoms with E-state index in [1.54, 1.807) is 22.4 Å². The minimum atomic E-state index is -0.131. The van der Waals surface area contributed by atoms with Crippen LogP contribution < -0.4 is 0 Å². The Kier molecular flexibility index (Phi) is 5.46. The van der Waals surface area contributed by atoms with Gasteiger partial charge in [0.25, 0.3) is 5.91 Å². The summed E-state index contributed by atoms with van der Waals surface area (Å²) >= 11 is 1.69. The van der Waals surface area contributed by atoms with E-state index in [0.29, 0.717) is 31.9 Å². The largest absolute Gasteiger partial charge is 0.339 e. The molecule has 2 aliphatic rings. The molecule has 2 amide bonds. The number of hydrogen-bond donors (Lipinski definition) is 0. The second kappa shape index (κ2) is 8.55. The Morgan fingerprint density at radius 1 is 0.968 bits per heavy atom. The molecule has 0 spiro atoms. The van der Waals surface area contributed by atoms with E-state index >= 15 is 0 Å². The molecule has 8 heteroatoms. The van der Waals surface area contributed by atoms with Crippen molar-refractivity contribution in [2.75, 3.05) is 26.2 Å². The summed E-state index contributed by atoms with van der Waals surface area (Å²) < 4.78 is 1.16. The van der Waals surface area contributed by atoms with Crippen LogP contribution in [-0.4, -0.2) is 62.7 Å². The molecule has 5 rings (SSSR count). The first-order valence-corrected chi connectivity index (χ1v) is 11.4. The summed E-state index contributed by atoms with van der Waals surface area (Å²) in [5.74, 6) is 0.0373. The van der Waals surface area contributed by atoms with Crippen LogP contribution in [-0.2, 0) is 4.79 Å². The van der Waals surface area contributed by atoms with Crippen molar-refractivity contribution in [3.05, 3.63) is 65.7 Å². The van der Waals surface area contributed by atoms with Crippen LogP contribution in [0.2, 0.25) is 0 Å². The van der Waals surface area contributed by atoms with Crippen molar-refractivity contribution in [1.29, 1.82) is 0 Å². The van der Waals surface area contributed by atoms with Crippen molar-refractivity contribution in [1.82, 2.24) is 24.8 Å². The van der Waals surface area contributed by atoms with Crippen molar-refractivity contribution in [2.24, 2.45) is 5.92 Å². The Labute approximate surface area is 184 Å². The van der Waals surface area contributed by atoms with Gasteiger partial charge in [0, 0.05) is 44.5 Å². The van der Waals surface area contributed by atoms with Crippen molar-refractivity contribution in [3.8, 4) is 0 Å². The number of rotatable bonds is 3. The highest BCUT2D eigenvalue weighted by molar-refractivity contribution is 7.18. The van der Waals surface area contributed by atoms with E-state index in [4.69, 9.17) is 4.98 Å². The molecule has 158 valence electrons. The van der Waals surface area contributed by atoms with Gasteiger partial charge in [-0.1, -0.05) is 24.3 Å². The van der Waals surface area contributed by atoms with Crippen LogP contribution in [0.25, 0.3) is 10.2 Å². The average molecular weight is 434 g/mol. The molecule has 31 heavy (non-hydrogen) atoms. The second-order valence-corrected chi connectivity index (χ2v) is 8.95. The topological polar surface area (TPSA) is 79.3 Å². The lowest BCUT2D eigenvalue weighted by atomic mass is 9.82. The third-order valence-electron chi connectivity index (χ3n) is 6.04. The predicted molar refractivity (Wildman–Crippen MR) is 119 cm³/mol. The number of carbonyl (C=O) groups excluding carboxylic acids is 2. The zero-order valence-corrected chi connectivity index (χ0v) is 17.9. The van der Waals surface area contributed by atoms with Crippen LogP contribution in [0.15, 0.2) is 55.0 Å². The Morgan fingerprint density at radius 3 is 2.52 bits per heavy atom. The molecule has 3 heterocycles. The molecule has 2 aromatic heterocycles. The molecule has 1 aliphatic carbocycles. The van der Waals surface area contributed by atoms with Crippen LogP contribution >= 0.6 is 11.3 Å². The van der Waals surface area contributed by atoms with Crippen molar-refractivity contribution in [2.45, 2.75) is 18.8 Å². The highest BCUT2D eigenvalue weighted by Gasteiger charge is 2.36. The predicted octanol–water partition coefficient (Wildman–Crippen LogP) is 3.12. The van der Waals surface area contributed by atoms with E-state index in [0.717, 1.165) is 28.1 Å². The zero-order valence-electron chi connectivity index (χ0n) is 17.1. The number of aromatic nitrogens is 3. The Balaban J connectivity index is 1.28. The van der Waals surface area contributed by atoms with Gasteiger partial charge in [0.1, 0.15) is 5.69 Å². The van der Waals surface area contributed by atoms with E-state index < -0.39 is 0 Å². The lowest BCUT2D eigenvalue weighted by molar-refractivity contribution is -0.137. The van der Waals surface area contributed by atoms with Gasteiger partial charge in [0.2, 0.25) is 5.91 Å². The first-order valence-electron chi connectivity index (χ1n) is 10.6. The molecule has 1 aromatic carbocycles. The summed E-state index contributed by atoms with van der Waals surface area (Å²) in [6, 6.07) is 8.13. The van der Waals surface area contributed by atoms with Crippen LogP contribution in [0.1, 0.15) is 34.3 Å². The molecule has 3 aromatic rings. The molecule has 1 fully saturated rings. The second-order valence-electron chi connectivity index (χ2n) is 7.88. The fourth-order valence-corrected chi connectivity index (χ4v) is 5.49. The number of fused-ring (bicyclic) bond motifs is 1. The first-order chi connectivity index (χ1) is 15.2. The van der Waals surface area contributed by atoms with Gasteiger partial charge in [-0.3, -0.25) is 14.6 Å². The monoisotopic (exact) mass is 433 g/mol. The third kappa shape index (κ3) is 3.95. The van der Waals surface area contributed by atoms with Crippen LogP contribution in [0.5, 0.6) is 0 Å². The number of amides is 2. The van der Waals surface area contributed by atoms with E-state index in [2.05, 4.69) is 28.2 Å². The van der Waals surface area contributed by atoms with Gasteiger partial charge in [0.05, 0.1) is 27.3 Å². The van der Waals surface area contributed by atoms with E-state index in [1.165, 1.54) is 12.4 Å². The van der Waals surface area contributed by atoms with Crippen molar-refractivity contribution < 1.29 is 9.59 Å². The maximum absolute atomic E-state index is 13.4. The average Bonchev–Trinajstić information content (AvgIpc) is 3.28. The van der Waals surface area contributed by atoms with Crippen LogP contribution in [0.3, 0.4) is 0 Å². The molecule has 2 atom stereocenters. The highest BCUT2D eigenvalue weighted by Crippen LogP contribution is 2.39. The summed E-state index contributed by atoms with van der Waals surface area (Å²) in [6.07, 6.45) is 10.4. The van der Waals surface area contributed by atoms with Gasteiger partial charge >= 0.3 is 0 Å². The van der Waals surface area contributed by atoms with Gasteiger partial charge in [-0.05, 0) is 25.0 Å². The van der Waals surface area contributed by atoms with E-state index in [1.807, 2.05) is 23.1 Å². The maximum Gasteiger partial charge on any atom is 0.274 e. The Morgan fingerprint density at radius 2 is 1.74 bits per heavy atom. The number of para-hydroxylation sites is 1. The fraction of sp³-hybridized carbons (Fsp3) is 0.348. The normalized spacial score (nSPS) is 21.4. The summed E-state index contributed by atoms with van der Waals surface area (Å²) in [5, 5.41) is 1.04. The van der Waals surface area contributed by atoms with Gasteiger partial charge in [-0.15, -0.1) is 11.3 Å². The number of benzene rings is 1. The minimum Gasteiger partial charge on any atom is -0.339 e. The molecular weight excluding hydrogens is 410 g/mol. The lowest BCUT2D eigenvalue weighted by Crippen LogP contribution is -2.52. The first kappa shape index (κ1) is 19.8. The molecule has 0 radical (unpaired) electrons. The molecule has 7 nitrogen and oxygen atoms in total. The molecular formula is C23H23N5O2S. The summed E-state index contributed by atoms with van der Waals surface area (Å²) in [5.41, 5.74) is 1.34. The number of thiazole rings is 1. The van der Waals surface area contributed by atoms with Gasteiger partial charge in [-0.2, -0.15) is 0 Å². The lowest BCUT2D eigenvalue weighted by Gasteiger charge is -2.38. The van der Waals surface area contributed by atoms with E-state index in [-0.39, 0.29) is 23.7 Å². The Hall–Kier alpha value is -3.13. The molecule has 2 unspecified atom stereocenters. The summed E-state index contributed by atoms with van der Waals surface area (Å²) in [7, 11) is 0. The van der Waals surface area contributed by atoms with Gasteiger partial charge < -0.3 is 9.80 Å². The fourth-order valence-electron chi connectivity index (χ4n) is 4.34. The standard InChI is InChI=1S/C23H23N5O2S/c29-22(27-11-13-28(14-12-27)23(30)19-15-24-9-10-25-19)17-6-2-1-5-16(17)21-26-18-7-3-4-8-20(18)31-21/h1-4,7-10,15-17H,5-6,11-14H2. The van der Waals surface area contributed by atoms with Crippen LogP contribution in [0.4, 0.5) is 0 Å². The smallest absolute Gasteiger partial charge is 0.274 e. The number of hydrogen-bond acceptors (Lipinski definition) is 6.